The molecule has 5 nitrogen and oxygen atoms in total. The maximum absolute atomic E-state index is 13.8. The zero-order valence-electron chi connectivity index (χ0n) is 15.9. The molecular formula is C23H15BrClFN2O3. The molecule has 31 heavy (non-hydrogen) atoms. The van der Waals surface area contributed by atoms with E-state index in [0.717, 1.165) is 5.39 Å². The van der Waals surface area contributed by atoms with Crippen molar-refractivity contribution in [2.75, 3.05) is 0 Å². The molecule has 0 saturated carbocycles. The van der Waals surface area contributed by atoms with Crippen LogP contribution in [0.25, 0.3) is 11.0 Å². The lowest BCUT2D eigenvalue weighted by Gasteiger charge is -2.11. The number of fused-ring (bicyclic) bond motifs is 1. The third kappa shape index (κ3) is 4.95. The highest BCUT2D eigenvalue weighted by atomic mass is 79.9. The van der Waals surface area contributed by atoms with Gasteiger partial charge in [-0.15, -0.1) is 0 Å². The fourth-order valence-corrected chi connectivity index (χ4v) is 3.86. The summed E-state index contributed by atoms with van der Waals surface area (Å²) in [6.07, 6.45) is 1.44. The summed E-state index contributed by atoms with van der Waals surface area (Å²) in [4.78, 5) is 12.2. The second-order valence-electron chi connectivity index (χ2n) is 6.54. The van der Waals surface area contributed by atoms with Crippen LogP contribution in [-0.2, 0) is 6.61 Å². The van der Waals surface area contributed by atoms with Crippen molar-refractivity contribution >= 4 is 50.6 Å². The Bertz CT molecular complexity index is 1230. The van der Waals surface area contributed by atoms with E-state index in [4.69, 9.17) is 20.8 Å². The summed E-state index contributed by atoms with van der Waals surface area (Å²) in [5.41, 5.74) is 4.09. The minimum atomic E-state index is -0.470. The van der Waals surface area contributed by atoms with Gasteiger partial charge in [0.2, 0.25) is 0 Å². The van der Waals surface area contributed by atoms with Crippen LogP contribution in [0.15, 0.2) is 80.7 Å². The highest BCUT2D eigenvalue weighted by Crippen LogP contribution is 2.34. The number of amides is 1. The van der Waals surface area contributed by atoms with Crippen LogP contribution in [0.5, 0.6) is 5.75 Å². The molecule has 1 aromatic heterocycles. The molecule has 0 atom stereocenters. The molecular weight excluding hydrogens is 487 g/mol. The normalized spacial score (nSPS) is 11.2. The lowest BCUT2D eigenvalue weighted by molar-refractivity contribution is 0.0929. The number of ether oxygens (including phenoxy) is 1. The van der Waals surface area contributed by atoms with Crippen molar-refractivity contribution in [2.24, 2.45) is 5.10 Å². The van der Waals surface area contributed by atoms with Gasteiger partial charge < -0.3 is 9.15 Å². The molecule has 0 aliphatic carbocycles. The van der Waals surface area contributed by atoms with Crippen LogP contribution < -0.4 is 10.2 Å². The fourth-order valence-electron chi connectivity index (χ4n) is 2.87. The topological polar surface area (TPSA) is 63.8 Å². The number of furan rings is 1. The average molecular weight is 502 g/mol. The maximum Gasteiger partial charge on any atom is 0.307 e. The molecule has 8 heteroatoms. The number of hydrogen-bond donors (Lipinski definition) is 1. The van der Waals surface area contributed by atoms with Crippen molar-refractivity contribution in [2.45, 2.75) is 6.61 Å². The molecule has 0 radical (unpaired) electrons. The quantitative estimate of drug-likeness (QED) is 0.248. The number of nitrogens with zero attached hydrogens (tertiary/aromatic N) is 1. The van der Waals surface area contributed by atoms with Gasteiger partial charge in [0.25, 0.3) is 0 Å². The summed E-state index contributed by atoms with van der Waals surface area (Å²) < 4.78 is 25.5. The van der Waals surface area contributed by atoms with Crippen molar-refractivity contribution in [3.63, 3.8) is 0 Å². The predicted octanol–water partition coefficient (Wildman–Crippen LogP) is 6.33. The Morgan fingerprint density at radius 2 is 1.94 bits per heavy atom. The Balaban J connectivity index is 1.42. The van der Waals surface area contributed by atoms with Gasteiger partial charge in [-0.25, -0.2) is 9.82 Å². The van der Waals surface area contributed by atoms with Crippen LogP contribution in [0.3, 0.4) is 0 Å². The predicted molar refractivity (Wildman–Crippen MR) is 121 cm³/mol. The lowest BCUT2D eigenvalue weighted by Crippen LogP contribution is -2.16. The van der Waals surface area contributed by atoms with Gasteiger partial charge in [0.1, 0.15) is 18.0 Å². The first-order valence-electron chi connectivity index (χ1n) is 9.18. The highest BCUT2D eigenvalue weighted by Gasteiger charge is 2.12. The fraction of sp³-hybridized carbons (Fsp3) is 0.0435. The SMILES string of the molecule is O=C(N/N=C/c1cc(Cl)c(OCc2ccccc2F)c(Br)c1)c1cc2ccccc2o1. The minimum Gasteiger partial charge on any atom is -0.486 e. The zero-order chi connectivity index (χ0) is 21.8. The molecule has 0 unspecified atom stereocenters. The van der Waals surface area contributed by atoms with E-state index < -0.39 is 5.91 Å². The molecule has 1 heterocycles. The standard InChI is InChI=1S/C23H15BrClFN2O3/c24-17-9-14(10-18(25)22(17)30-13-16-6-1-3-7-19(16)26)12-27-28-23(29)21-11-15-5-2-4-8-20(15)31-21/h1-12H,13H2,(H,28,29)/b27-12+. The molecule has 4 rings (SSSR count). The number of halogens is 3. The summed E-state index contributed by atoms with van der Waals surface area (Å²) in [6.45, 7) is 0.0337. The number of rotatable bonds is 6. The molecule has 1 N–H and O–H groups in total. The van der Waals surface area contributed by atoms with Crippen molar-refractivity contribution in [3.05, 3.63) is 98.9 Å². The number of carbonyl (C=O) groups excluding carboxylic acids is 1. The Morgan fingerprint density at radius 3 is 2.71 bits per heavy atom. The lowest BCUT2D eigenvalue weighted by atomic mass is 10.2. The number of carbonyl (C=O) groups is 1. The first-order chi connectivity index (χ1) is 15.0. The van der Waals surface area contributed by atoms with E-state index in [-0.39, 0.29) is 18.2 Å². The minimum absolute atomic E-state index is 0.0337. The van der Waals surface area contributed by atoms with Crippen molar-refractivity contribution in [1.82, 2.24) is 5.43 Å². The van der Waals surface area contributed by atoms with Gasteiger partial charge >= 0.3 is 5.91 Å². The zero-order valence-corrected chi connectivity index (χ0v) is 18.3. The molecule has 0 saturated heterocycles. The number of hydrogen-bond acceptors (Lipinski definition) is 4. The summed E-state index contributed by atoms with van der Waals surface area (Å²) >= 11 is 9.71. The second-order valence-corrected chi connectivity index (χ2v) is 7.80. The molecule has 4 aromatic rings. The smallest absolute Gasteiger partial charge is 0.307 e. The summed E-state index contributed by atoms with van der Waals surface area (Å²) in [7, 11) is 0. The summed E-state index contributed by atoms with van der Waals surface area (Å²) in [6, 6.07) is 18.7. The van der Waals surface area contributed by atoms with E-state index >= 15 is 0 Å². The monoisotopic (exact) mass is 500 g/mol. The van der Waals surface area contributed by atoms with Crippen LogP contribution in [0, 0.1) is 5.82 Å². The third-order valence-corrected chi connectivity index (χ3v) is 5.25. The first kappa shape index (κ1) is 21.1. The Labute approximate surface area is 190 Å². The summed E-state index contributed by atoms with van der Waals surface area (Å²) in [5.74, 6) is -0.274. The van der Waals surface area contributed by atoms with Gasteiger partial charge in [-0.1, -0.05) is 48.0 Å². The van der Waals surface area contributed by atoms with Gasteiger partial charge in [-0.05, 0) is 51.8 Å². The van der Waals surface area contributed by atoms with Crippen molar-refractivity contribution < 1.29 is 18.3 Å². The van der Waals surface area contributed by atoms with E-state index in [9.17, 15) is 9.18 Å². The van der Waals surface area contributed by atoms with E-state index in [1.807, 2.05) is 18.2 Å². The number of hydrazone groups is 1. The van der Waals surface area contributed by atoms with Crippen molar-refractivity contribution in [1.29, 1.82) is 0 Å². The molecule has 0 fully saturated rings. The number of para-hydroxylation sites is 1. The van der Waals surface area contributed by atoms with E-state index in [1.54, 1.807) is 42.5 Å². The Hall–Kier alpha value is -3.16. The van der Waals surface area contributed by atoms with Gasteiger partial charge in [0, 0.05) is 10.9 Å². The Morgan fingerprint density at radius 1 is 1.16 bits per heavy atom. The van der Waals surface area contributed by atoms with E-state index in [0.29, 0.717) is 32.0 Å². The van der Waals surface area contributed by atoms with Gasteiger partial charge in [-0.2, -0.15) is 5.10 Å². The Kier molecular flexibility index (Phi) is 6.34. The molecule has 0 aliphatic rings. The molecule has 0 aliphatic heterocycles. The first-order valence-corrected chi connectivity index (χ1v) is 10.4. The summed E-state index contributed by atoms with van der Waals surface area (Å²) in [5, 5.41) is 5.10. The van der Waals surface area contributed by atoms with Gasteiger partial charge in [0.15, 0.2) is 11.5 Å². The molecule has 1 amide bonds. The van der Waals surface area contributed by atoms with Crippen LogP contribution >= 0.6 is 27.5 Å². The number of nitrogens with one attached hydrogen (secondary N) is 1. The average Bonchev–Trinajstić information content (AvgIpc) is 3.19. The van der Waals surface area contributed by atoms with Crippen LogP contribution in [0.1, 0.15) is 21.7 Å². The molecule has 3 aromatic carbocycles. The van der Waals surface area contributed by atoms with Crippen LogP contribution in [0.2, 0.25) is 5.02 Å². The van der Waals surface area contributed by atoms with Gasteiger partial charge in [-0.3, -0.25) is 4.79 Å². The molecule has 0 spiro atoms. The van der Waals surface area contributed by atoms with Crippen LogP contribution in [0.4, 0.5) is 4.39 Å². The van der Waals surface area contributed by atoms with E-state index in [2.05, 4.69) is 26.5 Å². The van der Waals surface area contributed by atoms with E-state index in [1.165, 1.54) is 12.3 Å². The number of benzene rings is 3. The van der Waals surface area contributed by atoms with Gasteiger partial charge in [0.05, 0.1) is 15.7 Å². The maximum atomic E-state index is 13.8. The molecule has 0 bridgehead atoms. The second kappa shape index (κ2) is 9.32. The largest absolute Gasteiger partial charge is 0.486 e. The van der Waals surface area contributed by atoms with Crippen LogP contribution in [-0.4, -0.2) is 12.1 Å². The van der Waals surface area contributed by atoms with Crippen molar-refractivity contribution in [3.8, 4) is 5.75 Å². The molecule has 156 valence electrons. The third-order valence-electron chi connectivity index (χ3n) is 4.38. The highest BCUT2D eigenvalue weighted by molar-refractivity contribution is 9.10.